The van der Waals surface area contributed by atoms with E-state index in [0.29, 0.717) is 19.3 Å². The van der Waals surface area contributed by atoms with Gasteiger partial charge < -0.3 is 20.3 Å². The molecule has 3 atom stereocenters. The predicted molar refractivity (Wildman–Crippen MR) is 241 cm³/mol. The lowest BCUT2D eigenvalue weighted by atomic mass is 10.0. The third kappa shape index (κ3) is 38.9. The zero-order chi connectivity index (χ0) is 41.0. The number of carbonyl (C=O) groups excluding carboxylic acids is 2. The van der Waals surface area contributed by atoms with Crippen LogP contribution in [0.25, 0.3) is 0 Å². The van der Waals surface area contributed by atoms with Crippen LogP contribution in [0.15, 0.2) is 36.5 Å². The molecule has 1 amide bonds. The molecule has 3 N–H and O–H groups in total. The van der Waals surface area contributed by atoms with Gasteiger partial charge in [-0.3, -0.25) is 9.59 Å². The fourth-order valence-corrected chi connectivity index (χ4v) is 7.33. The Morgan fingerprint density at radius 3 is 1.45 bits per heavy atom. The number of carbonyl (C=O) groups is 2. The summed E-state index contributed by atoms with van der Waals surface area (Å²) in [6, 6.07) is -0.709. The summed E-state index contributed by atoms with van der Waals surface area (Å²) in [5.74, 6) is -0.506. The van der Waals surface area contributed by atoms with E-state index in [-0.39, 0.29) is 24.9 Å². The molecule has 0 saturated carbocycles. The standard InChI is InChI=1S/C50H93NO5/c1-4-7-10-13-16-19-22-25-27-30-33-36-39-42-48(53)47(45-52)51-49(54)44-46(41-38-35-32-29-26-23-20-17-14-11-8-5-2)56-50(55)43-40-37-34-31-28-24-21-18-15-12-9-6-3/h8,11,17,20,26,29,46-48,52-53H,4-7,9-10,12-16,18-19,21-25,27-28,30-45H2,1-3H3,(H,51,54)/b11-8+,20-17+,29-26+. The third-order valence-corrected chi connectivity index (χ3v) is 11.0. The van der Waals surface area contributed by atoms with Gasteiger partial charge in [-0.05, 0) is 57.8 Å². The van der Waals surface area contributed by atoms with Gasteiger partial charge in [0, 0.05) is 6.42 Å². The highest BCUT2D eigenvalue weighted by molar-refractivity contribution is 5.77. The van der Waals surface area contributed by atoms with Crippen molar-refractivity contribution in [2.75, 3.05) is 6.61 Å². The lowest BCUT2D eigenvalue weighted by Crippen LogP contribution is -2.46. The molecule has 0 aromatic rings. The van der Waals surface area contributed by atoms with Crippen molar-refractivity contribution in [2.24, 2.45) is 0 Å². The molecule has 0 saturated heterocycles. The molecule has 0 aliphatic heterocycles. The topological polar surface area (TPSA) is 95.9 Å². The van der Waals surface area contributed by atoms with Crippen molar-refractivity contribution >= 4 is 11.9 Å². The number of esters is 1. The molecule has 3 unspecified atom stereocenters. The first-order chi connectivity index (χ1) is 27.5. The van der Waals surface area contributed by atoms with Gasteiger partial charge in [0.1, 0.15) is 6.10 Å². The van der Waals surface area contributed by atoms with Gasteiger partial charge in [0.05, 0.1) is 25.2 Å². The van der Waals surface area contributed by atoms with Crippen molar-refractivity contribution in [1.82, 2.24) is 5.32 Å². The van der Waals surface area contributed by atoms with Crippen molar-refractivity contribution in [2.45, 2.75) is 264 Å². The van der Waals surface area contributed by atoms with Crippen LogP contribution < -0.4 is 5.32 Å². The second-order valence-electron chi connectivity index (χ2n) is 16.5. The summed E-state index contributed by atoms with van der Waals surface area (Å²) < 4.78 is 5.89. The highest BCUT2D eigenvalue weighted by atomic mass is 16.5. The number of hydrogen-bond donors (Lipinski definition) is 3. The van der Waals surface area contributed by atoms with Crippen LogP contribution in [-0.2, 0) is 14.3 Å². The number of unbranched alkanes of at least 4 members (excludes halogenated alkanes) is 25. The number of allylic oxidation sites excluding steroid dienone is 6. The third-order valence-electron chi connectivity index (χ3n) is 11.0. The van der Waals surface area contributed by atoms with E-state index in [1.54, 1.807) is 0 Å². The molecule has 0 radical (unpaired) electrons. The first-order valence-electron chi connectivity index (χ1n) is 24.2. The molecule has 6 nitrogen and oxygen atoms in total. The SMILES string of the molecule is CC/C=C/C/C=C/C/C=C/CCCCC(CC(=O)NC(CO)C(O)CCCCCCCCCCCCCCC)OC(=O)CCCCCCCCCCCCCC. The molecule has 0 fully saturated rings. The average molecular weight is 788 g/mol. The van der Waals surface area contributed by atoms with E-state index in [4.69, 9.17) is 4.74 Å². The first-order valence-corrected chi connectivity index (χ1v) is 24.2. The van der Waals surface area contributed by atoms with Crippen LogP contribution in [0.2, 0.25) is 0 Å². The lowest BCUT2D eigenvalue weighted by molar-refractivity contribution is -0.151. The lowest BCUT2D eigenvalue weighted by Gasteiger charge is -2.24. The van der Waals surface area contributed by atoms with Gasteiger partial charge in [0.2, 0.25) is 5.91 Å². The second-order valence-corrected chi connectivity index (χ2v) is 16.5. The maximum Gasteiger partial charge on any atom is 0.306 e. The van der Waals surface area contributed by atoms with Crippen LogP contribution in [0.1, 0.15) is 245 Å². The number of aliphatic hydroxyl groups is 2. The van der Waals surface area contributed by atoms with Crippen molar-refractivity contribution in [3.63, 3.8) is 0 Å². The van der Waals surface area contributed by atoms with Crippen molar-refractivity contribution in [3.05, 3.63) is 36.5 Å². The summed E-state index contributed by atoms with van der Waals surface area (Å²) in [4.78, 5) is 26.0. The average Bonchev–Trinajstić information content (AvgIpc) is 3.19. The van der Waals surface area contributed by atoms with Crippen LogP contribution in [0.4, 0.5) is 0 Å². The first kappa shape index (κ1) is 54.1. The largest absolute Gasteiger partial charge is 0.462 e. The summed E-state index contributed by atoms with van der Waals surface area (Å²) in [7, 11) is 0. The number of nitrogens with one attached hydrogen (secondary N) is 1. The van der Waals surface area contributed by atoms with Crippen LogP contribution in [0.3, 0.4) is 0 Å². The van der Waals surface area contributed by atoms with Gasteiger partial charge in [0.15, 0.2) is 0 Å². The van der Waals surface area contributed by atoms with E-state index in [1.165, 1.54) is 122 Å². The molecule has 0 bridgehead atoms. The van der Waals surface area contributed by atoms with Gasteiger partial charge in [-0.15, -0.1) is 0 Å². The van der Waals surface area contributed by atoms with Crippen LogP contribution >= 0.6 is 0 Å². The highest BCUT2D eigenvalue weighted by Gasteiger charge is 2.24. The Labute approximate surface area is 347 Å². The van der Waals surface area contributed by atoms with E-state index in [2.05, 4.69) is 62.5 Å². The fourth-order valence-electron chi connectivity index (χ4n) is 7.33. The van der Waals surface area contributed by atoms with Gasteiger partial charge >= 0.3 is 5.97 Å². The molecular formula is C50H93NO5. The summed E-state index contributed by atoms with van der Waals surface area (Å²) in [6.07, 6.45) is 50.6. The maximum atomic E-state index is 13.1. The van der Waals surface area contributed by atoms with Gasteiger partial charge in [-0.25, -0.2) is 0 Å². The minimum Gasteiger partial charge on any atom is -0.462 e. The molecule has 328 valence electrons. The molecule has 0 rings (SSSR count). The smallest absolute Gasteiger partial charge is 0.306 e. The van der Waals surface area contributed by atoms with E-state index in [0.717, 1.165) is 77.0 Å². The number of aliphatic hydroxyl groups excluding tert-OH is 2. The Morgan fingerprint density at radius 1 is 0.536 bits per heavy atom. The van der Waals surface area contributed by atoms with E-state index in [9.17, 15) is 19.8 Å². The van der Waals surface area contributed by atoms with Crippen LogP contribution in [0.5, 0.6) is 0 Å². The molecule has 0 aliphatic carbocycles. The molecule has 0 aliphatic rings. The highest BCUT2D eigenvalue weighted by Crippen LogP contribution is 2.17. The Morgan fingerprint density at radius 2 is 0.964 bits per heavy atom. The molecular weight excluding hydrogens is 695 g/mol. The molecule has 0 heterocycles. The fraction of sp³-hybridized carbons (Fsp3) is 0.840. The summed E-state index contributed by atoms with van der Waals surface area (Å²) in [5, 5.41) is 23.7. The molecule has 0 aromatic carbocycles. The van der Waals surface area contributed by atoms with Crippen molar-refractivity contribution in [1.29, 1.82) is 0 Å². The number of rotatable bonds is 43. The van der Waals surface area contributed by atoms with Crippen molar-refractivity contribution < 1.29 is 24.5 Å². The number of amides is 1. The minimum atomic E-state index is -0.794. The Kier molecular flexibility index (Phi) is 42.7. The second kappa shape index (κ2) is 44.2. The molecule has 0 aromatic heterocycles. The quantitative estimate of drug-likeness (QED) is 0.0325. The molecule has 0 spiro atoms. The van der Waals surface area contributed by atoms with Gasteiger partial charge in [-0.2, -0.15) is 0 Å². The molecule has 56 heavy (non-hydrogen) atoms. The number of ether oxygens (including phenoxy) is 1. The number of hydrogen-bond acceptors (Lipinski definition) is 5. The van der Waals surface area contributed by atoms with Gasteiger partial charge in [-0.1, -0.05) is 211 Å². The molecule has 6 heteroatoms. The summed E-state index contributed by atoms with van der Waals surface area (Å²) in [6.45, 7) is 6.35. The zero-order valence-electron chi connectivity index (χ0n) is 37.3. The van der Waals surface area contributed by atoms with Crippen molar-refractivity contribution in [3.8, 4) is 0 Å². The Balaban J connectivity index is 4.60. The minimum absolute atomic E-state index is 0.0548. The van der Waals surface area contributed by atoms with Gasteiger partial charge in [0.25, 0.3) is 0 Å². The van der Waals surface area contributed by atoms with E-state index >= 15 is 0 Å². The zero-order valence-corrected chi connectivity index (χ0v) is 37.3. The maximum absolute atomic E-state index is 13.1. The predicted octanol–water partition coefficient (Wildman–Crippen LogP) is 14.1. The Bertz CT molecular complexity index is 930. The van der Waals surface area contributed by atoms with Crippen LogP contribution in [-0.4, -0.2) is 46.9 Å². The van der Waals surface area contributed by atoms with Crippen LogP contribution in [0, 0.1) is 0 Å². The summed E-state index contributed by atoms with van der Waals surface area (Å²) >= 11 is 0. The Hall–Kier alpha value is -1.92. The normalized spacial score (nSPS) is 13.6. The van der Waals surface area contributed by atoms with E-state index < -0.39 is 18.2 Å². The summed E-state index contributed by atoms with van der Waals surface area (Å²) in [5.41, 5.74) is 0. The van der Waals surface area contributed by atoms with E-state index in [1.807, 2.05) is 0 Å². The monoisotopic (exact) mass is 788 g/mol.